The van der Waals surface area contributed by atoms with Crippen LogP contribution in [0.5, 0.6) is 0 Å². The van der Waals surface area contributed by atoms with Gasteiger partial charge in [0.15, 0.2) is 5.69 Å². The molecule has 5 heteroatoms. The Kier molecular flexibility index (Phi) is 4.55. The fraction of sp³-hybridized carbons (Fsp3) is 0.455. The smallest absolute Gasteiger partial charge is 0.165 e. The number of rotatable bonds is 5. The van der Waals surface area contributed by atoms with Crippen LogP contribution in [0.1, 0.15) is 12.1 Å². The third-order valence-corrected chi connectivity index (χ3v) is 2.12. The largest absolute Gasteiger partial charge is 0.396 e. The van der Waals surface area contributed by atoms with E-state index in [0.29, 0.717) is 11.5 Å². The SMILES string of the molecule is CN(C)CCCNc1ccc(N)c(C#N)n1. The number of nitrogens with zero attached hydrogens (tertiary/aromatic N) is 3. The van der Waals surface area contributed by atoms with Crippen molar-refractivity contribution in [2.45, 2.75) is 6.42 Å². The molecule has 0 saturated carbocycles. The van der Waals surface area contributed by atoms with Gasteiger partial charge in [0.1, 0.15) is 11.9 Å². The predicted molar refractivity (Wildman–Crippen MR) is 65.0 cm³/mol. The molecule has 1 heterocycles. The molecule has 0 fully saturated rings. The van der Waals surface area contributed by atoms with E-state index in [-0.39, 0.29) is 5.69 Å². The molecule has 1 aromatic heterocycles. The minimum atomic E-state index is 0.276. The van der Waals surface area contributed by atoms with E-state index in [4.69, 9.17) is 11.0 Å². The van der Waals surface area contributed by atoms with Gasteiger partial charge in [-0.3, -0.25) is 0 Å². The zero-order chi connectivity index (χ0) is 12.0. The molecule has 0 radical (unpaired) electrons. The van der Waals surface area contributed by atoms with Crippen LogP contribution >= 0.6 is 0 Å². The molecule has 0 spiro atoms. The molecule has 0 aromatic carbocycles. The van der Waals surface area contributed by atoms with Crippen LogP contribution in [0.25, 0.3) is 0 Å². The summed E-state index contributed by atoms with van der Waals surface area (Å²) in [5, 5.41) is 11.9. The van der Waals surface area contributed by atoms with Crippen molar-refractivity contribution in [2.75, 3.05) is 38.2 Å². The minimum absolute atomic E-state index is 0.276. The normalized spacial score (nSPS) is 10.1. The number of pyridine rings is 1. The summed E-state index contributed by atoms with van der Waals surface area (Å²) >= 11 is 0. The van der Waals surface area contributed by atoms with E-state index >= 15 is 0 Å². The quantitative estimate of drug-likeness (QED) is 0.719. The van der Waals surface area contributed by atoms with Crippen LogP contribution in [0.4, 0.5) is 11.5 Å². The van der Waals surface area contributed by atoms with Gasteiger partial charge in [0.25, 0.3) is 0 Å². The molecule has 0 aliphatic rings. The van der Waals surface area contributed by atoms with Gasteiger partial charge in [-0.05, 0) is 39.2 Å². The Bertz CT molecular complexity index is 380. The lowest BCUT2D eigenvalue weighted by Gasteiger charge is -2.10. The minimum Gasteiger partial charge on any atom is -0.396 e. The van der Waals surface area contributed by atoms with Crippen LogP contribution < -0.4 is 11.1 Å². The van der Waals surface area contributed by atoms with Crippen molar-refractivity contribution < 1.29 is 0 Å². The van der Waals surface area contributed by atoms with Crippen molar-refractivity contribution in [1.29, 1.82) is 5.26 Å². The Morgan fingerprint density at radius 1 is 1.50 bits per heavy atom. The van der Waals surface area contributed by atoms with Crippen LogP contribution in [0.15, 0.2) is 12.1 Å². The fourth-order valence-electron chi connectivity index (χ4n) is 1.27. The van der Waals surface area contributed by atoms with Gasteiger partial charge in [-0.2, -0.15) is 5.26 Å². The van der Waals surface area contributed by atoms with E-state index in [9.17, 15) is 0 Å². The van der Waals surface area contributed by atoms with Crippen LogP contribution in [-0.4, -0.2) is 37.1 Å². The fourth-order valence-corrected chi connectivity index (χ4v) is 1.27. The lowest BCUT2D eigenvalue weighted by atomic mass is 10.3. The summed E-state index contributed by atoms with van der Waals surface area (Å²) in [5.74, 6) is 0.699. The predicted octanol–water partition coefficient (Wildman–Crippen LogP) is 0.899. The number of hydrogen-bond acceptors (Lipinski definition) is 5. The monoisotopic (exact) mass is 219 g/mol. The van der Waals surface area contributed by atoms with Crippen LogP contribution in [-0.2, 0) is 0 Å². The number of nitriles is 1. The Labute approximate surface area is 95.9 Å². The van der Waals surface area contributed by atoms with Crippen molar-refractivity contribution >= 4 is 11.5 Å². The average Bonchev–Trinajstić information content (AvgIpc) is 2.26. The number of nitrogens with one attached hydrogen (secondary N) is 1. The molecule has 5 nitrogen and oxygen atoms in total. The van der Waals surface area contributed by atoms with E-state index < -0.39 is 0 Å². The van der Waals surface area contributed by atoms with Gasteiger partial charge in [-0.25, -0.2) is 4.98 Å². The van der Waals surface area contributed by atoms with E-state index in [1.54, 1.807) is 12.1 Å². The van der Waals surface area contributed by atoms with Gasteiger partial charge >= 0.3 is 0 Å². The standard InChI is InChI=1S/C11H17N5/c1-16(2)7-3-6-14-11-5-4-9(13)10(8-12)15-11/h4-5H,3,6-7,13H2,1-2H3,(H,14,15). The summed E-state index contributed by atoms with van der Waals surface area (Å²) in [6.07, 6.45) is 1.03. The molecular formula is C11H17N5. The molecule has 16 heavy (non-hydrogen) atoms. The molecule has 0 unspecified atom stereocenters. The first-order valence-corrected chi connectivity index (χ1v) is 5.18. The maximum Gasteiger partial charge on any atom is 0.165 e. The second-order valence-corrected chi connectivity index (χ2v) is 3.83. The first kappa shape index (κ1) is 12.3. The molecule has 0 atom stereocenters. The van der Waals surface area contributed by atoms with Crippen LogP contribution in [0.3, 0.4) is 0 Å². The van der Waals surface area contributed by atoms with Gasteiger partial charge < -0.3 is 16.0 Å². The summed E-state index contributed by atoms with van der Waals surface area (Å²) in [7, 11) is 4.07. The molecular weight excluding hydrogens is 202 g/mol. The lowest BCUT2D eigenvalue weighted by molar-refractivity contribution is 0.405. The van der Waals surface area contributed by atoms with Gasteiger partial charge in [-0.1, -0.05) is 0 Å². The Morgan fingerprint density at radius 2 is 2.25 bits per heavy atom. The summed E-state index contributed by atoms with van der Waals surface area (Å²) in [6, 6.07) is 5.44. The summed E-state index contributed by atoms with van der Waals surface area (Å²) in [6.45, 7) is 1.85. The molecule has 0 amide bonds. The highest BCUT2D eigenvalue weighted by atomic mass is 15.1. The Balaban J connectivity index is 2.46. The first-order valence-electron chi connectivity index (χ1n) is 5.18. The third kappa shape index (κ3) is 3.75. The first-order chi connectivity index (χ1) is 7.63. The van der Waals surface area contributed by atoms with Gasteiger partial charge in [-0.15, -0.1) is 0 Å². The van der Waals surface area contributed by atoms with Crippen LogP contribution in [0.2, 0.25) is 0 Å². The maximum absolute atomic E-state index is 8.76. The maximum atomic E-state index is 8.76. The third-order valence-electron chi connectivity index (χ3n) is 2.12. The van der Waals surface area contributed by atoms with Gasteiger partial charge in [0, 0.05) is 6.54 Å². The summed E-state index contributed by atoms with van der Waals surface area (Å²) in [5.41, 5.74) is 6.27. The molecule has 0 aliphatic carbocycles. The number of anilines is 2. The average molecular weight is 219 g/mol. The topological polar surface area (TPSA) is 78.0 Å². The van der Waals surface area contributed by atoms with Crippen molar-refractivity contribution in [1.82, 2.24) is 9.88 Å². The summed E-state index contributed by atoms with van der Waals surface area (Å²) < 4.78 is 0. The number of nitrogen functional groups attached to an aromatic ring is 1. The van der Waals surface area contributed by atoms with E-state index in [1.807, 2.05) is 20.2 Å². The second kappa shape index (κ2) is 5.93. The van der Waals surface area contributed by atoms with Crippen molar-refractivity contribution in [3.8, 4) is 6.07 Å². The molecule has 0 saturated heterocycles. The molecule has 0 aliphatic heterocycles. The van der Waals surface area contributed by atoms with Crippen molar-refractivity contribution in [2.24, 2.45) is 0 Å². The number of nitrogens with two attached hydrogens (primary N) is 1. The second-order valence-electron chi connectivity index (χ2n) is 3.83. The van der Waals surface area contributed by atoms with E-state index in [1.165, 1.54) is 0 Å². The van der Waals surface area contributed by atoms with Crippen molar-refractivity contribution in [3.63, 3.8) is 0 Å². The van der Waals surface area contributed by atoms with Crippen molar-refractivity contribution in [3.05, 3.63) is 17.8 Å². The molecule has 1 aromatic rings. The summed E-state index contributed by atoms with van der Waals surface area (Å²) in [4.78, 5) is 6.22. The molecule has 0 bridgehead atoms. The molecule has 1 rings (SSSR count). The molecule has 86 valence electrons. The van der Waals surface area contributed by atoms with Gasteiger partial charge in [0.2, 0.25) is 0 Å². The van der Waals surface area contributed by atoms with Crippen LogP contribution in [0, 0.1) is 11.3 Å². The highest BCUT2D eigenvalue weighted by Gasteiger charge is 2.01. The van der Waals surface area contributed by atoms with E-state index in [2.05, 4.69) is 15.2 Å². The Hall–Kier alpha value is -1.80. The highest BCUT2D eigenvalue weighted by Crippen LogP contribution is 2.11. The highest BCUT2D eigenvalue weighted by molar-refractivity contribution is 5.54. The zero-order valence-corrected chi connectivity index (χ0v) is 9.70. The van der Waals surface area contributed by atoms with Gasteiger partial charge in [0.05, 0.1) is 5.69 Å². The Morgan fingerprint density at radius 3 is 2.88 bits per heavy atom. The zero-order valence-electron chi connectivity index (χ0n) is 9.70. The lowest BCUT2D eigenvalue weighted by Crippen LogP contribution is -2.16. The number of hydrogen-bond donors (Lipinski definition) is 2. The molecule has 3 N–H and O–H groups in total. The van der Waals surface area contributed by atoms with E-state index in [0.717, 1.165) is 19.5 Å². The number of aromatic nitrogens is 1.